The van der Waals surface area contributed by atoms with E-state index >= 15 is 0 Å². The number of ether oxygens (including phenoxy) is 1. The fourth-order valence-corrected chi connectivity index (χ4v) is 2.63. The van der Waals surface area contributed by atoms with Gasteiger partial charge in [0.25, 0.3) is 5.91 Å². The number of aliphatic hydroxyl groups is 1. The molecular weight excluding hydrogens is 292 g/mol. The number of carbonyl (C=O) groups excluding carboxylic acids is 1. The number of hydrogen-bond acceptors (Lipinski definition) is 3. The smallest absolute Gasteiger partial charge is 0.251 e. The van der Waals surface area contributed by atoms with Gasteiger partial charge in [0.15, 0.2) is 0 Å². The molecule has 0 fully saturated rings. The average Bonchev–Trinajstić information content (AvgIpc) is 2.99. The molecule has 0 radical (unpaired) electrons. The van der Waals surface area contributed by atoms with Gasteiger partial charge < -0.3 is 19.7 Å². The number of amides is 1. The van der Waals surface area contributed by atoms with Crippen molar-refractivity contribution < 1.29 is 14.6 Å². The highest BCUT2D eigenvalue weighted by Gasteiger charge is 2.18. The Kier molecular flexibility index (Phi) is 6.19. The molecule has 0 aliphatic heterocycles. The molecule has 2 aromatic rings. The highest BCUT2D eigenvalue weighted by atomic mass is 16.5. The maximum atomic E-state index is 12.4. The standard InChI is InChI=1S/C18H26N2O3/c1-4-13(2)16(12-21)19-18(22)15-5-6-17-14(11-15)7-8-20(17)9-10-23-3/h5-8,11,13,16,21H,4,9-10,12H2,1-3H3,(H,19,22)/t13-,16+/m1/s1. The van der Waals surface area contributed by atoms with Gasteiger partial charge >= 0.3 is 0 Å². The molecule has 0 unspecified atom stereocenters. The number of methoxy groups -OCH3 is 1. The van der Waals surface area contributed by atoms with Crippen LogP contribution in [0.25, 0.3) is 10.9 Å². The van der Waals surface area contributed by atoms with Crippen molar-refractivity contribution in [2.75, 3.05) is 20.3 Å². The summed E-state index contributed by atoms with van der Waals surface area (Å²) in [6.07, 6.45) is 2.91. The fourth-order valence-electron chi connectivity index (χ4n) is 2.63. The van der Waals surface area contributed by atoms with Crippen molar-refractivity contribution in [3.63, 3.8) is 0 Å². The van der Waals surface area contributed by atoms with Crippen LogP contribution in [0.1, 0.15) is 30.6 Å². The number of hydrogen-bond donors (Lipinski definition) is 2. The zero-order chi connectivity index (χ0) is 16.8. The second kappa shape index (κ2) is 8.13. The van der Waals surface area contributed by atoms with Gasteiger partial charge in [0.1, 0.15) is 0 Å². The number of fused-ring (bicyclic) bond motifs is 1. The van der Waals surface area contributed by atoms with E-state index in [0.717, 1.165) is 23.9 Å². The molecule has 0 spiro atoms. The molecule has 2 rings (SSSR count). The van der Waals surface area contributed by atoms with Crippen LogP contribution in [0.4, 0.5) is 0 Å². The van der Waals surface area contributed by atoms with Crippen LogP contribution in [0, 0.1) is 5.92 Å². The van der Waals surface area contributed by atoms with Crippen molar-refractivity contribution in [1.29, 1.82) is 0 Å². The van der Waals surface area contributed by atoms with Crippen LogP contribution in [0.2, 0.25) is 0 Å². The summed E-state index contributed by atoms with van der Waals surface area (Å²) in [7, 11) is 1.68. The van der Waals surface area contributed by atoms with Crippen LogP contribution in [-0.4, -0.2) is 41.9 Å². The molecule has 0 saturated carbocycles. The van der Waals surface area contributed by atoms with Gasteiger partial charge in [-0.3, -0.25) is 4.79 Å². The third kappa shape index (κ3) is 4.12. The number of benzene rings is 1. The molecule has 1 amide bonds. The molecule has 126 valence electrons. The second-order valence-corrected chi connectivity index (χ2v) is 5.92. The summed E-state index contributed by atoms with van der Waals surface area (Å²) in [5.41, 5.74) is 1.70. The zero-order valence-electron chi connectivity index (χ0n) is 14.1. The van der Waals surface area contributed by atoms with E-state index in [2.05, 4.69) is 9.88 Å². The highest BCUT2D eigenvalue weighted by Crippen LogP contribution is 2.18. The Hall–Kier alpha value is -1.85. The number of aliphatic hydroxyl groups excluding tert-OH is 1. The third-order valence-corrected chi connectivity index (χ3v) is 4.41. The van der Waals surface area contributed by atoms with Gasteiger partial charge in [-0.25, -0.2) is 0 Å². The van der Waals surface area contributed by atoms with Gasteiger partial charge in [-0.15, -0.1) is 0 Å². The van der Waals surface area contributed by atoms with Crippen molar-refractivity contribution in [2.24, 2.45) is 5.92 Å². The third-order valence-electron chi connectivity index (χ3n) is 4.41. The predicted molar refractivity (Wildman–Crippen MR) is 91.6 cm³/mol. The largest absolute Gasteiger partial charge is 0.394 e. The Morgan fingerprint density at radius 3 is 2.83 bits per heavy atom. The Morgan fingerprint density at radius 1 is 1.39 bits per heavy atom. The first kappa shape index (κ1) is 17.5. The molecule has 1 aromatic heterocycles. The summed E-state index contributed by atoms with van der Waals surface area (Å²) in [4.78, 5) is 12.4. The first-order chi connectivity index (χ1) is 11.1. The summed E-state index contributed by atoms with van der Waals surface area (Å²) >= 11 is 0. The van der Waals surface area contributed by atoms with Crippen LogP contribution in [-0.2, 0) is 11.3 Å². The lowest BCUT2D eigenvalue weighted by Crippen LogP contribution is -2.41. The summed E-state index contributed by atoms with van der Waals surface area (Å²) in [6, 6.07) is 7.46. The van der Waals surface area contributed by atoms with Crippen LogP contribution in [0.5, 0.6) is 0 Å². The number of nitrogens with one attached hydrogen (secondary N) is 1. The minimum absolute atomic E-state index is 0.0453. The Bertz CT molecular complexity index is 651. The van der Waals surface area contributed by atoms with E-state index in [1.54, 1.807) is 7.11 Å². The maximum absolute atomic E-state index is 12.4. The predicted octanol–water partition coefficient (Wildman–Crippen LogP) is 2.42. The number of carbonyl (C=O) groups is 1. The Balaban J connectivity index is 2.15. The number of nitrogens with zero attached hydrogens (tertiary/aromatic N) is 1. The van der Waals surface area contributed by atoms with E-state index in [-0.39, 0.29) is 24.5 Å². The molecule has 0 saturated heterocycles. The van der Waals surface area contributed by atoms with E-state index in [4.69, 9.17) is 4.74 Å². The molecule has 5 heteroatoms. The van der Waals surface area contributed by atoms with Gasteiger partial charge in [0, 0.05) is 36.3 Å². The summed E-state index contributed by atoms with van der Waals surface area (Å²) in [5.74, 6) is 0.0960. The van der Waals surface area contributed by atoms with Gasteiger partial charge in [-0.05, 0) is 30.2 Å². The lowest BCUT2D eigenvalue weighted by Gasteiger charge is -2.22. The minimum Gasteiger partial charge on any atom is -0.394 e. The van der Waals surface area contributed by atoms with Gasteiger partial charge in [0.05, 0.1) is 19.3 Å². The van der Waals surface area contributed by atoms with E-state index in [0.29, 0.717) is 12.2 Å². The quantitative estimate of drug-likeness (QED) is 0.786. The van der Waals surface area contributed by atoms with E-state index in [1.165, 1.54) is 0 Å². The van der Waals surface area contributed by atoms with Gasteiger partial charge in [-0.2, -0.15) is 0 Å². The molecule has 0 aliphatic carbocycles. The minimum atomic E-state index is -0.213. The maximum Gasteiger partial charge on any atom is 0.251 e. The molecule has 5 nitrogen and oxygen atoms in total. The molecule has 23 heavy (non-hydrogen) atoms. The van der Waals surface area contributed by atoms with Crippen molar-refractivity contribution in [3.05, 3.63) is 36.0 Å². The second-order valence-electron chi connectivity index (χ2n) is 5.92. The molecule has 2 N–H and O–H groups in total. The fraction of sp³-hybridized carbons (Fsp3) is 0.500. The first-order valence-electron chi connectivity index (χ1n) is 8.10. The van der Waals surface area contributed by atoms with Crippen LogP contribution in [0.15, 0.2) is 30.5 Å². The average molecular weight is 318 g/mol. The molecule has 0 aliphatic rings. The molecule has 0 bridgehead atoms. The molecular formula is C18H26N2O3. The summed E-state index contributed by atoms with van der Waals surface area (Å²) < 4.78 is 7.21. The molecule has 1 aromatic carbocycles. The van der Waals surface area contributed by atoms with E-state index < -0.39 is 0 Å². The van der Waals surface area contributed by atoms with Crippen LogP contribution >= 0.6 is 0 Å². The zero-order valence-corrected chi connectivity index (χ0v) is 14.1. The molecule has 1 heterocycles. The first-order valence-corrected chi connectivity index (χ1v) is 8.10. The topological polar surface area (TPSA) is 63.5 Å². The number of rotatable bonds is 8. The number of aromatic nitrogens is 1. The van der Waals surface area contributed by atoms with Crippen LogP contribution < -0.4 is 5.32 Å². The van der Waals surface area contributed by atoms with Crippen molar-refractivity contribution in [2.45, 2.75) is 32.9 Å². The lowest BCUT2D eigenvalue weighted by molar-refractivity contribution is 0.0891. The Labute approximate surface area is 137 Å². The summed E-state index contributed by atoms with van der Waals surface area (Å²) in [5, 5.41) is 13.4. The van der Waals surface area contributed by atoms with Gasteiger partial charge in [-0.1, -0.05) is 20.3 Å². The van der Waals surface area contributed by atoms with Crippen molar-refractivity contribution in [3.8, 4) is 0 Å². The van der Waals surface area contributed by atoms with Gasteiger partial charge in [0.2, 0.25) is 0 Å². The monoisotopic (exact) mass is 318 g/mol. The summed E-state index contributed by atoms with van der Waals surface area (Å²) in [6.45, 7) is 5.47. The van der Waals surface area contributed by atoms with E-state index in [1.807, 2.05) is 44.3 Å². The molecule has 2 atom stereocenters. The lowest BCUT2D eigenvalue weighted by atomic mass is 9.99. The van der Waals surface area contributed by atoms with Crippen molar-refractivity contribution in [1.82, 2.24) is 9.88 Å². The highest BCUT2D eigenvalue weighted by molar-refractivity contribution is 5.98. The van der Waals surface area contributed by atoms with Crippen LogP contribution in [0.3, 0.4) is 0 Å². The normalized spacial score (nSPS) is 13.9. The Morgan fingerprint density at radius 2 is 2.17 bits per heavy atom. The van der Waals surface area contributed by atoms with E-state index in [9.17, 15) is 9.90 Å². The van der Waals surface area contributed by atoms with Crippen molar-refractivity contribution >= 4 is 16.8 Å². The SMILES string of the molecule is CC[C@@H](C)[C@H](CO)NC(=O)c1ccc2c(ccn2CCOC)c1.